The van der Waals surface area contributed by atoms with E-state index >= 15 is 0 Å². The van der Waals surface area contributed by atoms with E-state index in [1.165, 1.54) is 37.7 Å². The molecule has 0 aliphatic carbocycles. The van der Waals surface area contributed by atoms with Crippen molar-refractivity contribution < 1.29 is 10.0 Å². The molecule has 0 saturated heterocycles. The molecule has 0 saturated carbocycles. The SMILES string of the molecule is CCCc1c(O)nc(SCC[NH+](CCC)CCC)[nH]c1=O. The van der Waals surface area contributed by atoms with Crippen LogP contribution in [0.2, 0.25) is 0 Å². The molecular formula is C15H28N3O2S+. The summed E-state index contributed by atoms with van der Waals surface area (Å²) in [5.41, 5.74) is 0.184. The molecule has 6 heteroatoms. The number of hydrogen-bond acceptors (Lipinski definition) is 4. The van der Waals surface area contributed by atoms with Crippen molar-refractivity contribution in [2.45, 2.75) is 51.6 Å². The van der Waals surface area contributed by atoms with Crippen LogP contribution in [-0.4, -0.2) is 40.5 Å². The maximum absolute atomic E-state index is 11.9. The minimum Gasteiger partial charge on any atom is -0.493 e. The molecule has 1 heterocycles. The van der Waals surface area contributed by atoms with Gasteiger partial charge >= 0.3 is 0 Å². The Morgan fingerprint density at radius 3 is 2.33 bits per heavy atom. The minimum absolute atomic E-state index is 0.116. The summed E-state index contributed by atoms with van der Waals surface area (Å²) in [4.78, 5) is 20.3. The van der Waals surface area contributed by atoms with Gasteiger partial charge in [-0.25, -0.2) is 0 Å². The van der Waals surface area contributed by atoms with Crippen LogP contribution in [0.4, 0.5) is 0 Å². The largest absolute Gasteiger partial charge is 0.493 e. The second kappa shape index (κ2) is 9.84. The van der Waals surface area contributed by atoms with Gasteiger partial charge in [-0.1, -0.05) is 39.0 Å². The van der Waals surface area contributed by atoms with Gasteiger partial charge in [0.1, 0.15) is 0 Å². The lowest BCUT2D eigenvalue weighted by Crippen LogP contribution is -3.12. The van der Waals surface area contributed by atoms with Crippen molar-refractivity contribution in [2.24, 2.45) is 0 Å². The smallest absolute Gasteiger partial charge is 0.258 e. The molecular weight excluding hydrogens is 286 g/mol. The number of rotatable bonds is 10. The lowest BCUT2D eigenvalue weighted by Gasteiger charge is -2.17. The molecule has 1 rings (SSSR count). The fourth-order valence-electron chi connectivity index (χ4n) is 2.38. The van der Waals surface area contributed by atoms with E-state index in [0.29, 0.717) is 17.1 Å². The van der Waals surface area contributed by atoms with Crippen molar-refractivity contribution in [3.63, 3.8) is 0 Å². The van der Waals surface area contributed by atoms with Gasteiger partial charge in [-0.05, 0) is 19.3 Å². The van der Waals surface area contributed by atoms with Crippen LogP contribution < -0.4 is 10.5 Å². The van der Waals surface area contributed by atoms with Crippen LogP contribution in [0.1, 0.15) is 45.6 Å². The normalized spacial score (nSPS) is 11.2. The summed E-state index contributed by atoms with van der Waals surface area (Å²) in [5.74, 6) is 0.777. The number of H-pyrrole nitrogens is 1. The highest BCUT2D eigenvalue weighted by Crippen LogP contribution is 2.16. The van der Waals surface area contributed by atoms with Gasteiger partial charge in [-0.2, -0.15) is 4.98 Å². The highest BCUT2D eigenvalue weighted by molar-refractivity contribution is 7.99. The Morgan fingerprint density at radius 2 is 1.81 bits per heavy atom. The number of hydrogen-bond donors (Lipinski definition) is 3. The quantitative estimate of drug-likeness (QED) is 0.449. The van der Waals surface area contributed by atoms with E-state index in [1.54, 1.807) is 4.90 Å². The molecule has 0 unspecified atom stereocenters. The molecule has 0 radical (unpaired) electrons. The van der Waals surface area contributed by atoms with E-state index < -0.39 is 0 Å². The topological polar surface area (TPSA) is 70.4 Å². The maximum Gasteiger partial charge on any atom is 0.258 e. The third kappa shape index (κ3) is 6.09. The van der Waals surface area contributed by atoms with E-state index in [0.717, 1.165) is 18.7 Å². The Balaban J connectivity index is 2.57. The number of quaternary nitrogens is 1. The number of aromatic nitrogens is 2. The standard InChI is InChI=1S/C15H27N3O2S/c1-4-7-12-13(19)16-15(17-14(12)20)21-11-10-18(8-5-2)9-6-3/h4-11H2,1-3H3,(H2,16,17,19,20)/p+1. The summed E-state index contributed by atoms with van der Waals surface area (Å²) >= 11 is 1.51. The Kier molecular flexibility index (Phi) is 8.45. The fourth-order valence-corrected chi connectivity index (χ4v) is 3.28. The van der Waals surface area contributed by atoms with Crippen LogP contribution >= 0.6 is 11.8 Å². The lowest BCUT2D eigenvalue weighted by molar-refractivity contribution is -0.897. The molecule has 0 aliphatic heterocycles. The average molecular weight is 314 g/mol. The van der Waals surface area contributed by atoms with Crippen molar-refractivity contribution in [2.75, 3.05) is 25.4 Å². The lowest BCUT2D eigenvalue weighted by atomic mass is 10.2. The van der Waals surface area contributed by atoms with Crippen LogP contribution in [0.15, 0.2) is 9.95 Å². The van der Waals surface area contributed by atoms with Gasteiger partial charge in [-0.15, -0.1) is 0 Å². The molecule has 0 amide bonds. The zero-order valence-corrected chi connectivity index (χ0v) is 14.2. The Hall–Kier alpha value is -1.01. The monoisotopic (exact) mass is 314 g/mol. The van der Waals surface area contributed by atoms with Crippen LogP contribution in [0.5, 0.6) is 5.88 Å². The first-order chi connectivity index (χ1) is 10.1. The summed E-state index contributed by atoms with van der Waals surface area (Å²) in [6, 6.07) is 0. The zero-order chi connectivity index (χ0) is 15.7. The molecule has 1 aromatic heterocycles. The van der Waals surface area contributed by atoms with E-state index in [-0.39, 0.29) is 11.4 Å². The summed E-state index contributed by atoms with van der Waals surface area (Å²) in [6.45, 7) is 9.78. The molecule has 5 nitrogen and oxygen atoms in total. The van der Waals surface area contributed by atoms with Crippen molar-refractivity contribution >= 4 is 11.8 Å². The zero-order valence-electron chi connectivity index (χ0n) is 13.4. The first kappa shape index (κ1) is 18.0. The Bertz CT molecular complexity index is 470. The molecule has 0 aliphatic rings. The number of nitrogens with zero attached hydrogens (tertiary/aromatic N) is 1. The number of thioether (sulfide) groups is 1. The number of nitrogens with one attached hydrogen (secondary N) is 2. The third-order valence-corrected chi connectivity index (χ3v) is 4.25. The number of aromatic hydroxyl groups is 1. The van der Waals surface area contributed by atoms with Crippen molar-refractivity contribution in [1.29, 1.82) is 0 Å². The summed E-state index contributed by atoms with van der Waals surface area (Å²) in [5, 5.41) is 10.3. The summed E-state index contributed by atoms with van der Waals surface area (Å²) < 4.78 is 0. The molecule has 0 atom stereocenters. The van der Waals surface area contributed by atoms with Crippen molar-refractivity contribution in [3.05, 3.63) is 15.9 Å². The van der Waals surface area contributed by atoms with Crippen molar-refractivity contribution in [1.82, 2.24) is 9.97 Å². The van der Waals surface area contributed by atoms with Gasteiger partial charge in [0.25, 0.3) is 5.56 Å². The van der Waals surface area contributed by atoms with Crippen LogP contribution in [0.25, 0.3) is 0 Å². The second-order valence-electron chi connectivity index (χ2n) is 5.27. The molecule has 120 valence electrons. The average Bonchev–Trinajstić information content (AvgIpc) is 2.43. The van der Waals surface area contributed by atoms with Gasteiger partial charge in [0.15, 0.2) is 5.16 Å². The van der Waals surface area contributed by atoms with E-state index in [2.05, 4.69) is 23.8 Å². The van der Waals surface area contributed by atoms with Gasteiger partial charge in [0.05, 0.1) is 31.0 Å². The van der Waals surface area contributed by atoms with Gasteiger partial charge in [0, 0.05) is 0 Å². The number of aromatic amines is 1. The molecule has 3 N–H and O–H groups in total. The van der Waals surface area contributed by atoms with Crippen LogP contribution in [-0.2, 0) is 6.42 Å². The van der Waals surface area contributed by atoms with E-state index in [9.17, 15) is 9.90 Å². The highest BCUT2D eigenvalue weighted by Gasteiger charge is 2.11. The fraction of sp³-hybridized carbons (Fsp3) is 0.733. The highest BCUT2D eigenvalue weighted by atomic mass is 32.2. The van der Waals surface area contributed by atoms with E-state index in [1.807, 2.05) is 6.92 Å². The van der Waals surface area contributed by atoms with Crippen LogP contribution in [0.3, 0.4) is 0 Å². The van der Waals surface area contributed by atoms with Gasteiger partial charge < -0.3 is 15.0 Å². The molecule has 0 fully saturated rings. The van der Waals surface area contributed by atoms with Crippen molar-refractivity contribution in [3.8, 4) is 5.88 Å². The molecule has 0 bridgehead atoms. The predicted molar refractivity (Wildman–Crippen MR) is 87.4 cm³/mol. The summed E-state index contributed by atoms with van der Waals surface area (Å²) in [7, 11) is 0. The molecule has 0 spiro atoms. The first-order valence-corrected chi connectivity index (χ1v) is 8.89. The van der Waals surface area contributed by atoms with E-state index in [4.69, 9.17) is 0 Å². The minimum atomic E-state index is -0.210. The Labute approximate surface area is 131 Å². The Morgan fingerprint density at radius 1 is 1.14 bits per heavy atom. The summed E-state index contributed by atoms with van der Waals surface area (Å²) in [6.07, 6.45) is 3.74. The van der Waals surface area contributed by atoms with Gasteiger partial charge in [-0.3, -0.25) is 4.79 Å². The maximum atomic E-state index is 11.9. The second-order valence-corrected chi connectivity index (χ2v) is 6.36. The predicted octanol–water partition coefficient (Wildman–Crippen LogP) is 1.22. The van der Waals surface area contributed by atoms with Gasteiger partial charge in [0.2, 0.25) is 5.88 Å². The molecule has 1 aromatic rings. The third-order valence-electron chi connectivity index (χ3n) is 3.37. The van der Waals surface area contributed by atoms with Crippen LogP contribution in [0, 0.1) is 0 Å². The molecule has 0 aromatic carbocycles. The first-order valence-electron chi connectivity index (χ1n) is 7.90. The molecule has 21 heavy (non-hydrogen) atoms.